The van der Waals surface area contributed by atoms with Gasteiger partial charge in [-0.25, -0.2) is 19.5 Å². The number of nitrogens with two attached hydrogens (primary N) is 1. The highest BCUT2D eigenvalue weighted by Gasteiger charge is 2.12. The third-order valence-corrected chi connectivity index (χ3v) is 2.53. The zero-order valence-corrected chi connectivity index (χ0v) is 9.61. The van der Waals surface area contributed by atoms with E-state index in [2.05, 4.69) is 20.1 Å². The molecule has 0 unspecified atom stereocenters. The number of nitrogens with zero attached hydrogens (tertiary/aromatic N) is 5. The monoisotopic (exact) mass is 242 g/mol. The lowest BCUT2D eigenvalue weighted by Gasteiger charge is -2.06. The first-order valence-corrected chi connectivity index (χ1v) is 5.25. The van der Waals surface area contributed by atoms with Crippen LogP contribution in [0.25, 0.3) is 16.9 Å². The van der Waals surface area contributed by atoms with E-state index in [1.165, 1.54) is 13.4 Å². The van der Waals surface area contributed by atoms with Crippen LogP contribution < -0.4 is 10.5 Å². The SMILES string of the molecule is COc1ncncc1-c1nc(N)c2cccn2n1. The summed E-state index contributed by atoms with van der Waals surface area (Å²) in [6.07, 6.45) is 4.79. The van der Waals surface area contributed by atoms with Gasteiger partial charge in [-0.05, 0) is 12.1 Å². The molecule has 0 saturated carbocycles. The second kappa shape index (κ2) is 3.95. The molecule has 90 valence electrons. The van der Waals surface area contributed by atoms with Gasteiger partial charge in [0, 0.05) is 12.4 Å². The van der Waals surface area contributed by atoms with E-state index in [9.17, 15) is 0 Å². The quantitative estimate of drug-likeness (QED) is 0.714. The molecule has 7 nitrogen and oxygen atoms in total. The molecule has 2 N–H and O–H groups in total. The van der Waals surface area contributed by atoms with Crippen LogP contribution in [0.1, 0.15) is 0 Å². The maximum atomic E-state index is 5.88. The summed E-state index contributed by atoms with van der Waals surface area (Å²) in [7, 11) is 1.53. The molecule has 18 heavy (non-hydrogen) atoms. The van der Waals surface area contributed by atoms with E-state index in [1.807, 2.05) is 12.1 Å². The van der Waals surface area contributed by atoms with E-state index < -0.39 is 0 Å². The van der Waals surface area contributed by atoms with Crippen LogP contribution >= 0.6 is 0 Å². The van der Waals surface area contributed by atoms with Gasteiger partial charge in [-0.15, -0.1) is 5.10 Å². The van der Waals surface area contributed by atoms with Crippen molar-refractivity contribution in [3.8, 4) is 17.3 Å². The van der Waals surface area contributed by atoms with Crippen LogP contribution in [0.15, 0.2) is 30.9 Å². The second-order valence-electron chi connectivity index (χ2n) is 3.60. The third-order valence-electron chi connectivity index (χ3n) is 2.53. The molecule has 0 spiro atoms. The smallest absolute Gasteiger partial charge is 0.227 e. The molecule has 3 aromatic rings. The van der Waals surface area contributed by atoms with Crippen molar-refractivity contribution >= 4 is 11.3 Å². The zero-order chi connectivity index (χ0) is 12.5. The molecule has 0 aliphatic carbocycles. The van der Waals surface area contributed by atoms with Crippen molar-refractivity contribution in [1.29, 1.82) is 0 Å². The average Bonchev–Trinajstić information content (AvgIpc) is 2.87. The van der Waals surface area contributed by atoms with Crippen LogP contribution in [-0.4, -0.2) is 31.7 Å². The van der Waals surface area contributed by atoms with E-state index in [-0.39, 0.29) is 0 Å². The first-order chi connectivity index (χ1) is 8.79. The van der Waals surface area contributed by atoms with Crippen molar-refractivity contribution in [2.75, 3.05) is 12.8 Å². The number of anilines is 1. The topological polar surface area (TPSA) is 91.2 Å². The van der Waals surface area contributed by atoms with Crippen molar-refractivity contribution in [2.24, 2.45) is 0 Å². The Balaban J connectivity index is 2.25. The van der Waals surface area contributed by atoms with Crippen molar-refractivity contribution in [3.05, 3.63) is 30.9 Å². The molecule has 0 aliphatic rings. The maximum Gasteiger partial charge on any atom is 0.227 e. The lowest BCUT2D eigenvalue weighted by molar-refractivity contribution is 0.398. The number of hydrogen-bond donors (Lipinski definition) is 1. The minimum absolute atomic E-state index is 0.399. The third kappa shape index (κ3) is 1.53. The van der Waals surface area contributed by atoms with E-state index in [0.29, 0.717) is 23.1 Å². The Morgan fingerprint density at radius 3 is 3.11 bits per heavy atom. The van der Waals surface area contributed by atoms with Crippen LogP contribution in [0, 0.1) is 0 Å². The van der Waals surface area contributed by atoms with Gasteiger partial charge in [0.2, 0.25) is 5.88 Å². The van der Waals surface area contributed by atoms with Gasteiger partial charge < -0.3 is 10.5 Å². The highest BCUT2D eigenvalue weighted by Crippen LogP contribution is 2.24. The minimum Gasteiger partial charge on any atom is -0.480 e. The predicted octanol–water partition coefficient (Wildman–Crippen LogP) is 0.777. The number of fused-ring (bicyclic) bond motifs is 1. The van der Waals surface area contributed by atoms with E-state index >= 15 is 0 Å². The Hall–Kier alpha value is -2.70. The minimum atomic E-state index is 0.399. The fourth-order valence-corrected chi connectivity index (χ4v) is 1.71. The fourth-order valence-electron chi connectivity index (χ4n) is 1.71. The highest BCUT2D eigenvalue weighted by molar-refractivity contribution is 5.69. The molecule has 0 bridgehead atoms. The summed E-state index contributed by atoms with van der Waals surface area (Å²) in [6.45, 7) is 0. The first kappa shape index (κ1) is 10.5. The zero-order valence-electron chi connectivity index (χ0n) is 9.61. The second-order valence-corrected chi connectivity index (χ2v) is 3.60. The molecule has 3 rings (SSSR count). The lowest BCUT2D eigenvalue weighted by atomic mass is 10.3. The summed E-state index contributed by atoms with van der Waals surface area (Å²) in [5, 5.41) is 4.34. The fraction of sp³-hybridized carbons (Fsp3) is 0.0909. The van der Waals surface area contributed by atoms with Crippen LogP contribution in [0.4, 0.5) is 5.82 Å². The molecular weight excluding hydrogens is 232 g/mol. The van der Waals surface area contributed by atoms with Crippen LogP contribution in [0.2, 0.25) is 0 Å². The van der Waals surface area contributed by atoms with Gasteiger partial charge >= 0.3 is 0 Å². The molecule has 3 aromatic heterocycles. The molecule has 0 atom stereocenters. The largest absolute Gasteiger partial charge is 0.480 e. The normalized spacial score (nSPS) is 10.7. The van der Waals surface area contributed by atoms with Gasteiger partial charge in [0.05, 0.1) is 7.11 Å². The maximum absolute atomic E-state index is 5.88. The van der Waals surface area contributed by atoms with Crippen molar-refractivity contribution in [2.45, 2.75) is 0 Å². The van der Waals surface area contributed by atoms with Gasteiger partial charge in [0.1, 0.15) is 17.4 Å². The Morgan fingerprint density at radius 1 is 1.39 bits per heavy atom. The van der Waals surface area contributed by atoms with Gasteiger partial charge in [0.15, 0.2) is 11.6 Å². The molecule has 3 heterocycles. The number of aromatic nitrogens is 5. The summed E-state index contributed by atoms with van der Waals surface area (Å²) in [4.78, 5) is 12.2. The van der Waals surface area contributed by atoms with Crippen molar-refractivity contribution < 1.29 is 4.74 Å². The van der Waals surface area contributed by atoms with Crippen LogP contribution in [-0.2, 0) is 0 Å². The number of ether oxygens (including phenoxy) is 1. The summed E-state index contributed by atoms with van der Waals surface area (Å²) in [5.41, 5.74) is 7.23. The molecule has 0 fully saturated rings. The summed E-state index contributed by atoms with van der Waals surface area (Å²) in [5.74, 6) is 1.24. The molecular formula is C11H10N6O. The van der Waals surface area contributed by atoms with E-state index in [0.717, 1.165) is 5.52 Å². The van der Waals surface area contributed by atoms with E-state index in [4.69, 9.17) is 10.5 Å². The van der Waals surface area contributed by atoms with Crippen molar-refractivity contribution in [1.82, 2.24) is 24.6 Å². The molecule has 0 aliphatic heterocycles. The molecule has 0 aromatic carbocycles. The van der Waals surface area contributed by atoms with Crippen LogP contribution in [0.5, 0.6) is 5.88 Å². The average molecular weight is 242 g/mol. The number of nitrogen functional groups attached to an aromatic ring is 1. The Kier molecular flexibility index (Phi) is 2.30. The van der Waals surface area contributed by atoms with Gasteiger partial charge in [-0.1, -0.05) is 0 Å². The lowest BCUT2D eigenvalue weighted by Crippen LogP contribution is -2.04. The van der Waals surface area contributed by atoms with Gasteiger partial charge in [-0.3, -0.25) is 0 Å². The van der Waals surface area contributed by atoms with Gasteiger partial charge in [0.25, 0.3) is 0 Å². The predicted molar refractivity (Wildman–Crippen MR) is 65.0 cm³/mol. The highest BCUT2D eigenvalue weighted by atomic mass is 16.5. The Labute approximate surface area is 102 Å². The van der Waals surface area contributed by atoms with Gasteiger partial charge in [-0.2, -0.15) is 0 Å². The standard InChI is InChI=1S/C11H10N6O/c1-18-11-7(5-13-6-14-11)10-15-9(12)8-3-2-4-17(8)16-10/h2-6H,1H3,(H2,12,15,16). The first-order valence-electron chi connectivity index (χ1n) is 5.25. The van der Waals surface area contributed by atoms with E-state index in [1.54, 1.807) is 16.9 Å². The molecule has 0 amide bonds. The summed E-state index contributed by atoms with van der Waals surface area (Å²) in [6, 6.07) is 3.70. The summed E-state index contributed by atoms with van der Waals surface area (Å²) < 4.78 is 6.81. The number of hydrogen-bond acceptors (Lipinski definition) is 6. The number of rotatable bonds is 2. The molecule has 0 radical (unpaired) electrons. The Morgan fingerprint density at radius 2 is 2.28 bits per heavy atom. The molecule has 0 saturated heterocycles. The summed E-state index contributed by atoms with van der Waals surface area (Å²) >= 11 is 0. The number of methoxy groups -OCH3 is 1. The van der Waals surface area contributed by atoms with Crippen LogP contribution in [0.3, 0.4) is 0 Å². The molecule has 7 heteroatoms. The van der Waals surface area contributed by atoms with Crippen molar-refractivity contribution in [3.63, 3.8) is 0 Å². The Bertz CT molecular complexity index is 708.